The van der Waals surface area contributed by atoms with Crippen molar-refractivity contribution in [2.45, 2.75) is 52.9 Å². The van der Waals surface area contributed by atoms with Crippen LogP contribution in [0.5, 0.6) is 0 Å². The molecule has 0 unspecified atom stereocenters. The largest absolute Gasteiger partial charge is 0.314 e. The van der Waals surface area contributed by atoms with Gasteiger partial charge in [0.05, 0.1) is 17.9 Å². The second-order valence-corrected chi connectivity index (χ2v) is 6.65. The molecule has 0 spiro atoms. The van der Waals surface area contributed by atoms with E-state index in [1.54, 1.807) is 0 Å². The SMILES string of the molecule is CCn1c(C)nnc1CN(C)[C@H]1CCN(Cc2cnc(C)cn2)C1. The van der Waals surface area contributed by atoms with Gasteiger partial charge in [0.15, 0.2) is 0 Å². The quantitative estimate of drug-likeness (QED) is 0.798. The smallest absolute Gasteiger partial charge is 0.147 e. The first-order chi connectivity index (χ1) is 11.6. The minimum absolute atomic E-state index is 0.547. The molecule has 0 bridgehead atoms. The van der Waals surface area contributed by atoms with Crippen molar-refractivity contribution in [1.29, 1.82) is 0 Å². The lowest BCUT2D eigenvalue weighted by Crippen LogP contribution is -2.35. The Morgan fingerprint density at radius 1 is 1.21 bits per heavy atom. The van der Waals surface area contributed by atoms with Gasteiger partial charge in [0.25, 0.3) is 0 Å². The van der Waals surface area contributed by atoms with E-state index in [1.807, 2.05) is 26.2 Å². The Kier molecular flexibility index (Phi) is 5.20. The number of nitrogens with zero attached hydrogens (tertiary/aromatic N) is 7. The highest BCUT2D eigenvalue weighted by atomic mass is 15.3. The van der Waals surface area contributed by atoms with Crippen LogP contribution in [0.2, 0.25) is 0 Å². The van der Waals surface area contributed by atoms with Gasteiger partial charge in [0.2, 0.25) is 0 Å². The van der Waals surface area contributed by atoms with Crippen LogP contribution < -0.4 is 0 Å². The van der Waals surface area contributed by atoms with E-state index < -0.39 is 0 Å². The molecule has 1 saturated heterocycles. The molecule has 0 saturated carbocycles. The molecule has 2 aromatic heterocycles. The van der Waals surface area contributed by atoms with E-state index in [-0.39, 0.29) is 0 Å². The van der Waals surface area contributed by atoms with Crippen LogP contribution in [0.25, 0.3) is 0 Å². The maximum atomic E-state index is 4.47. The molecular weight excluding hydrogens is 302 g/mol. The van der Waals surface area contributed by atoms with Crippen molar-refractivity contribution in [1.82, 2.24) is 34.5 Å². The molecule has 1 aliphatic rings. The Hall–Kier alpha value is -1.86. The van der Waals surface area contributed by atoms with E-state index in [2.05, 4.69) is 48.5 Å². The summed E-state index contributed by atoms with van der Waals surface area (Å²) in [5.41, 5.74) is 2.01. The number of aryl methyl sites for hydroxylation is 2. The van der Waals surface area contributed by atoms with Crippen molar-refractivity contribution in [3.63, 3.8) is 0 Å². The molecule has 7 nitrogen and oxygen atoms in total. The zero-order chi connectivity index (χ0) is 17.1. The van der Waals surface area contributed by atoms with Gasteiger partial charge >= 0.3 is 0 Å². The number of likely N-dealkylation sites (N-methyl/N-ethyl adjacent to an activating group) is 1. The van der Waals surface area contributed by atoms with Crippen molar-refractivity contribution in [3.8, 4) is 0 Å². The molecule has 1 aliphatic heterocycles. The summed E-state index contributed by atoms with van der Waals surface area (Å²) in [6.07, 6.45) is 4.91. The van der Waals surface area contributed by atoms with Crippen LogP contribution >= 0.6 is 0 Å². The Balaban J connectivity index is 1.55. The summed E-state index contributed by atoms with van der Waals surface area (Å²) in [5, 5.41) is 8.54. The van der Waals surface area contributed by atoms with Crippen LogP contribution in [0.15, 0.2) is 12.4 Å². The lowest BCUT2D eigenvalue weighted by Gasteiger charge is -2.24. The van der Waals surface area contributed by atoms with Gasteiger partial charge in [0.1, 0.15) is 11.6 Å². The molecule has 0 aliphatic carbocycles. The van der Waals surface area contributed by atoms with E-state index in [0.717, 1.165) is 55.8 Å². The highest BCUT2D eigenvalue weighted by Gasteiger charge is 2.27. The van der Waals surface area contributed by atoms with Crippen LogP contribution in [-0.4, -0.2) is 60.7 Å². The second kappa shape index (κ2) is 7.36. The van der Waals surface area contributed by atoms with E-state index in [1.165, 1.54) is 6.42 Å². The highest BCUT2D eigenvalue weighted by Crippen LogP contribution is 2.18. The normalized spacial score (nSPS) is 18.6. The van der Waals surface area contributed by atoms with E-state index >= 15 is 0 Å². The van der Waals surface area contributed by atoms with Gasteiger partial charge in [-0.2, -0.15) is 0 Å². The summed E-state index contributed by atoms with van der Waals surface area (Å²) in [7, 11) is 2.18. The summed E-state index contributed by atoms with van der Waals surface area (Å²) in [5.74, 6) is 2.05. The molecule has 0 aromatic carbocycles. The van der Waals surface area contributed by atoms with Crippen LogP contribution in [0, 0.1) is 13.8 Å². The van der Waals surface area contributed by atoms with Crippen LogP contribution in [0.1, 0.15) is 36.4 Å². The third-order valence-electron chi connectivity index (χ3n) is 4.81. The van der Waals surface area contributed by atoms with Crippen molar-refractivity contribution in [3.05, 3.63) is 35.4 Å². The average molecular weight is 329 g/mol. The van der Waals surface area contributed by atoms with Gasteiger partial charge < -0.3 is 4.57 Å². The topological polar surface area (TPSA) is 63.0 Å². The Labute approximate surface area is 143 Å². The van der Waals surface area contributed by atoms with Crippen LogP contribution in [-0.2, 0) is 19.6 Å². The summed E-state index contributed by atoms with van der Waals surface area (Å²) < 4.78 is 2.19. The molecular formula is C17H27N7. The zero-order valence-corrected chi connectivity index (χ0v) is 15.1. The van der Waals surface area contributed by atoms with Crippen molar-refractivity contribution >= 4 is 0 Å². The number of hydrogen-bond donors (Lipinski definition) is 0. The molecule has 130 valence electrons. The Bertz CT molecular complexity index is 664. The molecule has 24 heavy (non-hydrogen) atoms. The Morgan fingerprint density at radius 2 is 2.04 bits per heavy atom. The molecule has 7 heteroatoms. The van der Waals surface area contributed by atoms with Crippen molar-refractivity contribution < 1.29 is 0 Å². The molecule has 1 fully saturated rings. The molecule has 3 heterocycles. The van der Waals surface area contributed by atoms with Gasteiger partial charge in [-0.15, -0.1) is 10.2 Å². The van der Waals surface area contributed by atoms with Crippen molar-refractivity contribution in [2.24, 2.45) is 0 Å². The van der Waals surface area contributed by atoms with Gasteiger partial charge in [-0.1, -0.05) is 0 Å². The summed E-state index contributed by atoms with van der Waals surface area (Å²) in [6, 6.07) is 0.547. The monoisotopic (exact) mass is 329 g/mol. The summed E-state index contributed by atoms with van der Waals surface area (Å²) >= 11 is 0. The summed E-state index contributed by atoms with van der Waals surface area (Å²) in [6.45, 7) is 10.9. The third-order valence-corrected chi connectivity index (χ3v) is 4.81. The minimum Gasteiger partial charge on any atom is -0.314 e. The van der Waals surface area contributed by atoms with Gasteiger partial charge in [-0.25, -0.2) is 0 Å². The number of hydrogen-bond acceptors (Lipinski definition) is 6. The van der Waals surface area contributed by atoms with Crippen molar-refractivity contribution in [2.75, 3.05) is 20.1 Å². The van der Waals surface area contributed by atoms with E-state index in [9.17, 15) is 0 Å². The second-order valence-electron chi connectivity index (χ2n) is 6.65. The maximum absolute atomic E-state index is 4.47. The fourth-order valence-corrected chi connectivity index (χ4v) is 3.35. The minimum atomic E-state index is 0.547. The van der Waals surface area contributed by atoms with E-state index in [4.69, 9.17) is 0 Å². The number of likely N-dealkylation sites (tertiary alicyclic amines) is 1. The first-order valence-electron chi connectivity index (χ1n) is 8.65. The Morgan fingerprint density at radius 3 is 2.75 bits per heavy atom. The lowest BCUT2D eigenvalue weighted by molar-refractivity contribution is 0.215. The first kappa shape index (κ1) is 17.0. The standard InChI is InChI=1S/C17H27N7/c1-5-24-14(3)20-21-17(24)12-22(4)16-6-7-23(11-16)10-15-9-18-13(2)8-19-15/h8-9,16H,5-7,10-12H2,1-4H3/t16-/m0/s1. The molecule has 3 rings (SSSR count). The average Bonchev–Trinajstić information content (AvgIpc) is 3.16. The molecule has 0 amide bonds. The lowest BCUT2D eigenvalue weighted by atomic mass is 10.2. The predicted octanol–water partition coefficient (Wildman–Crippen LogP) is 1.41. The maximum Gasteiger partial charge on any atom is 0.147 e. The van der Waals surface area contributed by atoms with Gasteiger partial charge in [-0.05, 0) is 34.2 Å². The molecule has 2 aromatic rings. The van der Waals surface area contributed by atoms with Crippen LogP contribution in [0.3, 0.4) is 0 Å². The highest BCUT2D eigenvalue weighted by molar-refractivity contribution is 5.01. The predicted molar refractivity (Wildman–Crippen MR) is 92.4 cm³/mol. The summed E-state index contributed by atoms with van der Waals surface area (Å²) in [4.78, 5) is 13.7. The van der Waals surface area contributed by atoms with E-state index in [0.29, 0.717) is 6.04 Å². The van der Waals surface area contributed by atoms with Gasteiger partial charge in [0, 0.05) is 44.6 Å². The molecule has 0 N–H and O–H groups in total. The van der Waals surface area contributed by atoms with Crippen LogP contribution in [0.4, 0.5) is 0 Å². The fourth-order valence-electron chi connectivity index (χ4n) is 3.35. The molecule has 1 atom stereocenters. The third kappa shape index (κ3) is 3.79. The zero-order valence-electron chi connectivity index (χ0n) is 15.1. The fraction of sp³-hybridized carbons (Fsp3) is 0.647. The molecule has 0 radical (unpaired) electrons. The first-order valence-corrected chi connectivity index (χ1v) is 8.65. The number of aromatic nitrogens is 5. The number of rotatable bonds is 6. The van der Waals surface area contributed by atoms with Gasteiger partial charge in [-0.3, -0.25) is 19.8 Å².